The maximum absolute atomic E-state index is 11.2. The molecule has 0 aliphatic carbocycles. The van der Waals surface area contributed by atoms with Crippen molar-refractivity contribution in [1.29, 1.82) is 0 Å². The number of hydrogen-bond donors (Lipinski definition) is 2. The topological polar surface area (TPSA) is 88.5 Å². The van der Waals surface area contributed by atoms with Crippen molar-refractivity contribution < 1.29 is 19.4 Å². The Morgan fingerprint density at radius 3 is 2.88 bits per heavy atom. The molecule has 0 spiro atoms. The molecule has 16 heavy (non-hydrogen) atoms. The fourth-order valence-corrected chi connectivity index (χ4v) is 1.04. The smallest absolute Gasteiger partial charge is 0.329 e. The SMILES string of the molecule is O=C(O)COCC(=O)Nc1cnccc1Cl. The third kappa shape index (κ3) is 4.24. The highest BCUT2D eigenvalue weighted by atomic mass is 35.5. The second-order valence-electron chi connectivity index (χ2n) is 2.79. The first kappa shape index (κ1) is 12.4. The molecule has 1 rings (SSSR count). The first-order chi connectivity index (χ1) is 7.59. The number of carbonyl (C=O) groups excluding carboxylic acids is 1. The highest BCUT2D eigenvalue weighted by molar-refractivity contribution is 6.33. The predicted octanol–water partition coefficient (Wildman–Crippen LogP) is 0.775. The monoisotopic (exact) mass is 244 g/mol. The van der Waals surface area contributed by atoms with E-state index in [2.05, 4.69) is 15.0 Å². The Kier molecular flexibility index (Phi) is 4.68. The molecule has 1 aromatic rings. The van der Waals surface area contributed by atoms with Crippen LogP contribution in [0.4, 0.5) is 5.69 Å². The zero-order chi connectivity index (χ0) is 12.0. The predicted molar refractivity (Wildman–Crippen MR) is 56.3 cm³/mol. The Morgan fingerprint density at radius 2 is 2.25 bits per heavy atom. The molecule has 86 valence electrons. The molecule has 0 aliphatic rings. The van der Waals surface area contributed by atoms with Gasteiger partial charge in [-0.25, -0.2) is 4.79 Å². The third-order valence-corrected chi connectivity index (χ3v) is 1.83. The number of nitrogens with zero attached hydrogens (tertiary/aromatic N) is 1. The number of halogens is 1. The summed E-state index contributed by atoms with van der Waals surface area (Å²) < 4.78 is 4.59. The summed E-state index contributed by atoms with van der Waals surface area (Å²) in [5, 5.41) is 11.1. The maximum Gasteiger partial charge on any atom is 0.329 e. The van der Waals surface area contributed by atoms with Crippen molar-refractivity contribution in [3.63, 3.8) is 0 Å². The van der Waals surface area contributed by atoms with Crippen LogP contribution in [0, 0.1) is 0 Å². The number of pyridine rings is 1. The summed E-state index contributed by atoms with van der Waals surface area (Å²) in [6.45, 7) is -0.869. The molecule has 0 atom stereocenters. The van der Waals surface area contributed by atoms with Crippen LogP contribution in [0.5, 0.6) is 0 Å². The number of hydrogen-bond acceptors (Lipinski definition) is 4. The molecular formula is C9H9ClN2O4. The van der Waals surface area contributed by atoms with Gasteiger partial charge < -0.3 is 15.2 Å². The largest absolute Gasteiger partial charge is 0.480 e. The summed E-state index contributed by atoms with van der Waals surface area (Å²) in [6.07, 6.45) is 2.87. The Labute approximate surface area is 96.2 Å². The summed E-state index contributed by atoms with van der Waals surface area (Å²) in [6, 6.07) is 1.52. The molecule has 0 fully saturated rings. The molecular weight excluding hydrogens is 236 g/mol. The van der Waals surface area contributed by atoms with E-state index in [9.17, 15) is 9.59 Å². The van der Waals surface area contributed by atoms with Crippen LogP contribution in [-0.4, -0.2) is 35.2 Å². The molecule has 2 N–H and O–H groups in total. The van der Waals surface area contributed by atoms with E-state index < -0.39 is 18.5 Å². The van der Waals surface area contributed by atoms with Crippen LogP contribution in [0.25, 0.3) is 0 Å². The van der Waals surface area contributed by atoms with Crippen LogP contribution in [-0.2, 0) is 14.3 Å². The zero-order valence-electron chi connectivity index (χ0n) is 8.14. The van der Waals surface area contributed by atoms with Gasteiger partial charge in [-0.2, -0.15) is 0 Å². The Balaban J connectivity index is 2.40. The van der Waals surface area contributed by atoms with Crippen molar-refractivity contribution in [2.75, 3.05) is 18.5 Å². The maximum atomic E-state index is 11.2. The minimum Gasteiger partial charge on any atom is -0.480 e. The van der Waals surface area contributed by atoms with Gasteiger partial charge in [0.05, 0.1) is 16.9 Å². The average molecular weight is 245 g/mol. The number of nitrogens with one attached hydrogen (secondary N) is 1. The Morgan fingerprint density at radius 1 is 1.50 bits per heavy atom. The molecule has 0 saturated heterocycles. The number of rotatable bonds is 5. The van der Waals surface area contributed by atoms with Gasteiger partial charge in [-0.05, 0) is 6.07 Å². The van der Waals surface area contributed by atoms with Gasteiger partial charge in [0.25, 0.3) is 0 Å². The number of amides is 1. The van der Waals surface area contributed by atoms with Crippen molar-refractivity contribution in [3.05, 3.63) is 23.5 Å². The van der Waals surface area contributed by atoms with Gasteiger partial charge in [-0.3, -0.25) is 9.78 Å². The van der Waals surface area contributed by atoms with E-state index >= 15 is 0 Å². The fraction of sp³-hybridized carbons (Fsp3) is 0.222. The molecule has 1 heterocycles. The van der Waals surface area contributed by atoms with Gasteiger partial charge in [0.15, 0.2) is 0 Å². The molecule has 0 aliphatic heterocycles. The van der Waals surface area contributed by atoms with E-state index in [-0.39, 0.29) is 6.61 Å². The normalized spacial score (nSPS) is 9.81. The minimum absolute atomic E-state index is 0.349. The first-order valence-corrected chi connectivity index (χ1v) is 4.66. The number of aromatic nitrogens is 1. The summed E-state index contributed by atoms with van der Waals surface area (Å²) in [5.74, 6) is -1.62. The quantitative estimate of drug-likeness (QED) is 0.799. The highest BCUT2D eigenvalue weighted by Gasteiger charge is 2.06. The van der Waals surface area contributed by atoms with Gasteiger partial charge >= 0.3 is 5.97 Å². The number of carboxylic acid groups (broad SMARTS) is 1. The van der Waals surface area contributed by atoms with E-state index in [0.717, 1.165) is 0 Å². The minimum atomic E-state index is -1.13. The van der Waals surface area contributed by atoms with Crippen LogP contribution in [0.3, 0.4) is 0 Å². The number of ether oxygens (including phenoxy) is 1. The molecule has 1 amide bonds. The van der Waals surface area contributed by atoms with E-state index in [1.165, 1.54) is 18.5 Å². The fourth-order valence-electron chi connectivity index (χ4n) is 0.887. The van der Waals surface area contributed by atoms with Gasteiger partial charge in [0.2, 0.25) is 5.91 Å². The third-order valence-electron chi connectivity index (χ3n) is 1.50. The summed E-state index contributed by atoms with van der Waals surface area (Å²) in [5.41, 5.74) is 0.355. The lowest BCUT2D eigenvalue weighted by Crippen LogP contribution is -2.20. The molecule has 1 aromatic heterocycles. The van der Waals surface area contributed by atoms with Crippen LogP contribution < -0.4 is 5.32 Å². The van der Waals surface area contributed by atoms with Crippen molar-refractivity contribution in [1.82, 2.24) is 4.98 Å². The number of carbonyl (C=O) groups is 2. The number of anilines is 1. The van der Waals surface area contributed by atoms with Crippen LogP contribution in [0.2, 0.25) is 5.02 Å². The standard InChI is InChI=1S/C9H9ClN2O4/c10-6-1-2-11-3-7(6)12-8(13)4-16-5-9(14)15/h1-3H,4-5H2,(H,12,13)(H,14,15). The molecule has 0 radical (unpaired) electrons. The van der Waals surface area contributed by atoms with E-state index in [4.69, 9.17) is 16.7 Å². The Hall–Kier alpha value is -1.66. The Bertz CT molecular complexity index is 397. The molecule has 0 aromatic carbocycles. The zero-order valence-corrected chi connectivity index (χ0v) is 8.90. The van der Waals surface area contributed by atoms with Crippen molar-refractivity contribution in [2.45, 2.75) is 0 Å². The van der Waals surface area contributed by atoms with Crippen molar-refractivity contribution >= 4 is 29.2 Å². The lowest BCUT2D eigenvalue weighted by atomic mass is 10.4. The second kappa shape index (κ2) is 6.04. The van der Waals surface area contributed by atoms with E-state index in [1.54, 1.807) is 0 Å². The van der Waals surface area contributed by atoms with Gasteiger partial charge in [-0.1, -0.05) is 11.6 Å². The number of aliphatic carboxylic acids is 1. The number of carboxylic acids is 1. The molecule has 0 unspecified atom stereocenters. The summed E-state index contributed by atoms with van der Waals surface area (Å²) in [4.78, 5) is 25.1. The van der Waals surface area contributed by atoms with Gasteiger partial charge in [0, 0.05) is 6.20 Å². The van der Waals surface area contributed by atoms with Crippen molar-refractivity contribution in [3.8, 4) is 0 Å². The van der Waals surface area contributed by atoms with E-state index in [0.29, 0.717) is 10.7 Å². The van der Waals surface area contributed by atoms with Gasteiger partial charge in [-0.15, -0.1) is 0 Å². The van der Waals surface area contributed by atoms with Crippen molar-refractivity contribution in [2.24, 2.45) is 0 Å². The lowest BCUT2D eigenvalue weighted by Gasteiger charge is -2.05. The average Bonchev–Trinajstić information content (AvgIpc) is 2.21. The highest BCUT2D eigenvalue weighted by Crippen LogP contribution is 2.18. The van der Waals surface area contributed by atoms with Gasteiger partial charge in [0.1, 0.15) is 13.2 Å². The van der Waals surface area contributed by atoms with Crippen LogP contribution >= 0.6 is 11.6 Å². The molecule has 7 heteroatoms. The van der Waals surface area contributed by atoms with Crippen LogP contribution in [0.15, 0.2) is 18.5 Å². The lowest BCUT2D eigenvalue weighted by molar-refractivity contribution is -0.143. The molecule has 6 nitrogen and oxygen atoms in total. The molecule has 0 bridgehead atoms. The van der Waals surface area contributed by atoms with E-state index in [1.807, 2.05) is 0 Å². The summed E-state index contributed by atoms with van der Waals surface area (Å²) in [7, 11) is 0. The first-order valence-electron chi connectivity index (χ1n) is 4.28. The molecule has 0 saturated carbocycles. The second-order valence-corrected chi connectivity index (χ2v) is 3.20. The summed E-state index contributed by atoms with van der Waals surface area (Å²) >= 11 is 5.76. The van der Waals surface area contributed by atoms with Crippen LogP contribution in [0.1, 0.15) is 0 Å².